The summed E-state index contributed by atoms with van der Waals surface area (Å²) in [6.45, 7) is -0.0969. The second-order valence-corrected chi connectivity index (χ2v) is 7.58. The summed E-state index contributed by atoms with van der Waals surface area (Å²) in [6, 6.07) is 16.5. The molecule has 7 heteroatoms. The molecule has 0 radical (unpaired) electrons. The highest BCUT2D eigenvalue weighted by Crippen LogP contribution is 2.44. The highest BCUT2D eigenvalue weighted by molar-refractivity contribution is 6.09. The number of amides is 2. The van der Waals surface area contributed by atoms with E-state index in [2.05, 4.69) is 15.3 Å². The monoisotopic (exact) mass is 412 g/mol. The lowest BCUT2D eigenvalue weighted by atomic mass is 10.00. The molecule has 3 heterocycles. The van der Waals surface area contributed by atoms with Crippen LogP contribution in [-0.4, -0.2) is 34.3 Å². The number of rotatable bonds is 4. The maximum atomic E-state index is 13.6. The first-order valence-corrected chi connectivity index (χ1v) is 10.0. The summed E-state index contributed by atoms with van der Waals surface area (Å²) in [5.74, 6) is -0.683. The van der Waals surface area contributed by atoms with Crippen LogP contribution in [0.25, 0.3) is 0 Å². The van der Waals surface area contributed by atoms with Crippen LogP contribution in [0.15, 0.2) is 72.0 Å². The van der Waals surface area contributed by atoms with Crippen molar-refractivity contribution in [2.24, 2.45) is 4.99 Å². The molecule has 2 aliphatic rings. The summed E-state index contributed by atoms with van der Waals surface area (Å²) < 4.78 is 0. The molecule has 2 unspecified atom stereocenters. The molecule has 154 valence electrons. The van der Waals surface area contributed by atoms with E-state index in [1.807, 2.05) is 42.5 Å². The van der Waals surface area contributed by atoms with Gasteiger partial charge in [0.15, 0.2) is 0 Å². The fraction of sp³-hybridized carbons (Fsp3) is 0.167. The molecule has 0 spiro atoms. The number of aliphatic hydroxyl groups is 1. The van der Waals surface area contributed by atoms with E-state index < -0.39 is 12.1 Å². The minimum Gasteiger partial charge on any atom is -0.392 e. The highest BCUT2D eigenvalue weighted by Gasteiger charge is 2.41. The largest absolute Gasteiger partial charge is 0.392 e. The number of aliphatic imine (C=N–C) groups is 1. The van der Waals surface area contributed by atoms with Gasteiger partial charge in [-0.1, -0.05) is 36.4 Å². The Kier molecular flexibility index (Phi) is 4.80. The number of hydrogen-bond donors (Lipinski definition) is 2. The van der Waals surface area contributed by atoms with Crippen LogP contribution in [0, 0.1) is 0 Å². The first-order chi connectivity index (χ1) is 15.2. The summed E-state index contributed by atoms with van der Waals surface area (Å²) in [5.41, 5.74) is 4.71. The van der Waals surface area contributed by atoms with Gasteiger partial charge in [0.1, 0.15) is 0 Å². The molecule has 1 aromatic heterocycles. The third-order valence-electron chi connectivity index (χ3n) is 5.66. The lowest BCUT2D eigenvalue weighted by molar-refractivity contribution is -0.120. The van der Waals surface area contributed by atoms with Crippen LogP contribution >= 0.6 is 0 Å². The smallest absolute Gasteiger partial charge is 0.272 e. The lowest BCUT2D eigenvalue weighted by Crippen LogP contribution is -2.47. The van der Waals surface area contributed by atoms with Crippen LogP contribution in [0.1, 0.15) is 38.7 Å². The van der Waals surface area contributed by atoms with Crippen molar-refractivity contribution in [1.82, 2.24) is 10.3 Å². The van der Waals surface area contributed by atoms with E-state index in [0.29, 0.717) is 12.0 Å². The van der Waals surface area contributed by atoms with Crippen LogP contribution in [0.3, 0.4) is 0 Å². The van der Waals surface area contributed by atoms with E-state index in [9.17, 15) is 14.7 Å². The van der Waals surface area contributed by atoms with Crippen LogP contribution < -0.4 is 10.2 Å². The number of nitrogens with zero attached hydrogens (tertiary/aromatic N) is 3. The van der Waals surface area contributed by atoms with E-state index in [4.69, 9.17) is 0 Å². The van der Waals surface area contributed by atoms with Crippen LogP contribution in [0.5, 0.6) is 0 Å². The van der Waals surface area contributed by atoms with Gasteiger partial charge in [0.05, 0.1) is 18.3 Å². The zero-order valence-electron chi connectivity index (χ0n) is 16.6. The number of aromatic nitrogens is 1. The van der Waals surface area contributed by atoms with Gasteiger partial charge in [-0.05, 0) is 41.3 Å². The van der Waals surface area contributed by atoms with Gasteiger partial charge in [0, 0.05) is 29.7 Å². The molecule has 3 aromatic rings. The van der Waals surface area contributed by atoms with Crippen molar-refractivity contribution in [3.05, 3.63) is 94.8 Å². The van der Waals surface area contributed by atoms with Crippen molar-refractivity contribution in [3.8, 4) is 0 Å². The molecule has 2 aliphatic heterocycles. The van der Waals surface area contributed by atoms with Gasteiger partial charge in [0.25, 0.3) is 11.8 Å². The molecule has 0 saturated heterocycles. The molecule has 0 bridgehead atoms. The average Bonchev–Trinajstić information content (AvgIpc) is 3.15. The highest BCUT2D eigenvalue weighted by atomic mass is 16.3. The Balaban J connectivity index is 1.56. The predicted molar refractivity (Wildman–Crippen MR) is 116 cm³/mol. The minimum atomic E-state index is -1.05. The first-order valence-electron chi connectivity index (χ1n) is 10.0. The number of nitrogens with one attached hydrogen (secondary N) is 1. The summed E-state index contributed by atoms with van der Waals surface area (Å²) in [7, 11) is 0. The molecule has 0 aliphatic carbocycles. The van der Waals surface area contributed by atoms with Crippen molar-refractivity contribution in [2.45, 2.75) is 25.2 Å². The molecule has 31 heavy (non-hydrogen) atoms. The van der Waals surface area contributed by atoms with Crippen molar-refractivity contribution in [2.75, 3.05) is 4.90 Å². The SMILES string of the molecule is O=C(NC1N=Cc2cc(CO)cc3c2N(C1=O)C(c1ccccc1)C3)c1ccncc1. The quantitative estimate of drug-likeness (QED) is 0.688. The van der Waals surface area contributed by atoms with Gasteiger partial charge >= 0.3 is 0 Å². The van der Waals surface area contributed by atoms with Crippen molar-refractivity contribution >= 4 is 23.7 Å². The maximum absolute atomic E-state index is 13.6. The van der Waals surface area contributed by atoms with E-state index in [-0.39, 0.29) is 18.6 Å². The standard InChI is InChI=1S/C24H20N4O3/c29-14-15-10-18-12-20(16-4-2-1-3-5-16)28-21(18)19(11-15)13-26-22(24(28)31)27-23(30)17-6-8-25-9-7-17/h1-11,13,20,22,29H,12,14H2,(H,27,30). The number of aliphatic hydroxyl groups excluding tert-OH is 1. The molecule has 2 N–H and O–H groups in total. The molecule has 7 nitrogen and oxygen atoms in total. The maximum Gasteiger partial charge on any atom is 0.272 e. The molecule has 0 saturated carbocycles. The molecule has 0 fully saturated rings. The lowest BCUT2D eigenvalue weighted by Gasteiger charge is -2.28. The molecule has 2 aromatic carbocycles. The number of carbonyl (C=O) groups excluding carboxylic acids is 2. The van der Waals surface area contributed by atoms with Crippen molar-refractivity contribution in [3.63, 3.8) is 0 Å². The zero-order chi connectivity index (χ0) is 21.4. The van der Waals surface area contributed by atoms with Crippen molar-refractivity contribution < 1.29 is 14.7 Å². The van der Waals surface area contributed by atoms with Crippen LogP contribution in [0.2, 0.25) is 0 Å². The Morgan fingerprint density at radius 1 is 1.13 bits per heavy atom. The Bertz CT molecular complexity index is 1180. The van der Waals surface area contributed by atoms with Crippen molar-refractivity contribution in [1.29, 1.82) is 0 Å². The van der Waals surface area contributed by atoms with Crippen LogP contribution in [0.4, 0.5) is 5.69 Å². The normalized spacial score (nSPS) is 19.1. The van der Waals surface area contributed by atoms with E-state index in [1.165, 1.54) is 12.4 Å². The summed E-state index contributed by atoms with van der Waals surface area (Å²) in [6.07, 6.45) is 4.24. The van der Waals surface area contributed by atoms with E-state index in [1.54, 1.807) is 23.2 Å². The van der Waals surface area contributed by atoms with Gasteiger partial charge < -0.3 is 15.3 Å². The second-order valence-electron chi connectivity index (χ2n) is 7.58. The first kappa shape index (κ1) is 19.1. The Hall–Kier alpha value is -3.84. The van der Waals surface area contributed by atoms with Gasteiger partial charge in [-0.25, -0.2) is 0 Å². The Labute approximate surface area is 179 Å². The average molecular weight is 412 g/mol. The fourth-order valence-electron chi connectivity index (χ4n) is 4.25. The number of pyridine rings is 1. The van der Waals surface area contributed by atoms with Crippen LogP contribution in [-0.2, 0) is 17.8 Å². The number of carbonyl (C=O) groups is 2. The number of anilines is 1. The molecule has 2 amide bonds. The van der Waals surface area contributed by atoms with Gasteiger partial charge in [-0.3, -0.25) is 19.6 Å². The fourth-order valence-corrected chi connectivity index (χ4v) is 4.25. The Morgan fingerprint density at radius 2 is 1.90 bits per heavy atom. The zero-order valence-corrected chi connectivity index (χ0v) is 16.6. The Morgan fingerprint density at radius 3 is 2.65 bits per heavy atom. The molecular weight excluding hydrogens is 392 g/mol. The summed E-state index contributed by atoms with van der Waals surface area (Å²) >= 11 is 0. The van der Waals surface area contributed by atoms with E-state index >= 15 is 0 Å². The van der Waals surface area contributed by atoms with Gasteiger partial charge in [0.2, 0.25) is 6.17 Å². The number of hydrogen-bond acceptors (Lipinski definition) is 5. The van der Waals surface area contributed by atoms with E-state index in [0.717, 1.165) is 27.9 Å². The topological polar surface area (TPSA) is 94.9 Å². The molecule has 2 atom stereocenters. The third-order valence-corrected chi connectivity index (χ3v) is 5.66. The third kappa shape index (κ3) is 3.39. The predicted octanol–water partition coefficient (Wildman–Crippen LogP) is 2.39. The molecule has 5 rings (SSSR count). The summed E-state index contributed by atoms with van der Waals surface area (Å²) in [4.78, 5) is 36.4. The minimum absolute atomic E-state index is 0.0969. The van der Waals surface area contributed by atoms with Gasteiger partial charge in [-0.15, -0.1) is 0 Å². The van der Waals surface area contributed by atoms with Gasteiger partial charge in [-0.2, -0.15) is 0 Å². The molecular formula is C24H20N4O3. The second kappa shape index (κ2) is 7.77. The number of benzene rings is 2. The summed E-state index contributed by atoms with van der Waals surface area (Å²) in [5, 5.41) is 12.4.